The van der Waals surface area contributed by atoms with Gasteiger partial charge in [-0.05, 0) is 32.3 Å². The molecule has 0 aromatic heterocycles. The summed E-state index contributed by atoms with van der Waals surface area (Å²) in [5, 5.41) is 12.0. The van der Waals surface area contributed by atoms with Gasteiger partial charge in [0, 0.05) is 24.2 Å². The van der Waals surface area contributed by atoms with Crippen LogP contribution in [-0.4, -0.2) is 28.0 Å². The molecule has 1 saturated heterocycles. The van der Waals surface area contributed by atoms with Crippen molar-refractivity contribution in [1.82, 2.24) is 4.90 Å². The van der Waals surface area contributed by atoms with Crippen molar-refractivity contribution in [3.63, 3.8) is 0 Å². The number of rotatable bonds is 3. The van der Waals surface area contributed by atoms with Crippen LogP contribution in [0.1, 0.15) is 44.2 Å². The Morgan fingerprint density at radius 2 is 1.95 bits per heavy atom. The van der Waals surface area contributed by atoms with E-state index in [0.29, 0.717) is 12.1 Å². The van der Waals surface area contributed by atoms with Crippen LogP contribution in [-0.2, 0) is 6.54 Å². The standard InChI is InChI=1S/C15H23N3O/c1-11-6-5-7-12(2)18(11)10-13-8-3-4-9-14(13)15(16)17-19/h3-4,8-9,11-12,19H,5-7,10H2,1-2H3,(H2,16,17). The molecule has 0 saturated carbocycles. The molecular formula is C15H23N3O. The molecule has 0 amide bonds. The van der Waals surface area contributed by atoms with Gasteiger partial charge in [-0.25, -0.2) is 0 Å². The third kappa shape index (κ3) is 3.07. The Bertz CT molecular complexity index is 448. The van der Waals surface area contributed by atoms with Crippen LogP contribution in [0, 0.1) is 0 Å². The van der Waals surface area contributed by atoms with Crippen LogP contribution in [0.25, 0.3) is 0 Å². The molecule has 1 aromatic carbocycles. The number of oxime groups is 1. The first-order valence-corrected chi connectivity index (χ1v) is 6.95. The average molecular weight is 261 g/mol. The third-order valence-corrected chi connectivity index (χ3v) is 4.13. The van der Waals surface area contributed by atoms with Crippen molar-refractivity contribution in [1.29, 1.82) is 0 Å². The first-order chi connectivity index (χ1) is 9.13. The Hall–Kier alpha value is -1.55. The molecule has 1 aliphatic rings. The molecule has 1 fully saturated rings. The van der Waals surface area contributed by atoms with E-state index in [1.54, 1.807) is 0 Å². The lowest BCUT2D eigenvalue weighted by Crippen LogP contribution is -2.43. The number of nitrogens with two attached hydrogens (primary N) is 1. The molecule has 2 atom stereocenters. The molecule has 0 aliphatic carbocycles. The summed E-state index contributed by atoms with van der Waals surface area (Å²) in [6, 6.07) is 9.06. The summed E-state index contributed by atoms with van der Waals surface area (Å²) in [6.45, 7) is 5.41. The molecule has 1 aromatic rings. The fraction of sp³-hybridized carbons (Fsp3) is 0.533. The first-order valence-electron chi connectivity index (χ1n) is 6.95. The van der Waals surface area contributed by atoms with Crippen LogP contribution in [0.5, 0.6) is 0 Å². The Morgan fingerprint density at radius 3 is 2.58 bits per heavy atom. The zero-order valence-corrected chi connectivity index (χ0v) is 11.7. The minimum absolute atomic E-state index is 0.188. The maximum absolute atomic E-state index is 8.87. The maximum Gasteiger partial charge on any atom is 0.170 e. The van der Waals surface area contributed by atoms with Crippen LogP contribution >= 0.6 is 0 Å². The monoisotopic (exact) mass is 261 g/mol. The molecule has 19 heavy (non-hydrogen) atoms. The minimum atomic E-state index is 0.188. The van der Waals surface area contributed by atoms with Crippen molar-refractivity contribution in [2.45, 2.75) is 51.7 Å². The second-order valence-corrected chi connectivity index (χ2v) is 5.44. The van der Waals surface area contributed by atoms with Crippen molar-refractivity contribution in [2.24, 2.45) is 10.9 Å². The largest absolute Gasteiger partial charge is 0.409 e. The summed E-state index contributed by atoms with van der Waals surface area (Å²) in [5.41, 5.74) is 7.70. The summed E-state index contributed by atoms with van der Waals surface area (Å²) < 4.78 is 0. The molecule has 0 radical (unpaired) electrons. The molecule has 1 aliphatic heterocycles. The number of benzene rings is 1. The van der Waals surface area contributed by atoms with E-state index in [-0.39, 0.29) is 5.84 Å². The molecule has 104 valence electrons. The summed E-state index contributed by atoms with van der Waals surface area (Å²) >= 11 is 0. The summed E-state index contributed by atoms with van der Waals surface area (Å²) in [7, 11) is 0. The molecule has 0 bridgehead atoms. The normalized spacial score (nSPS) is 25.5. The van der Waals surface area contributed by atoms with Crippen molar-refractivity contribution >= 4 is 5.84 Å². The van der Waals surface area contributed by atoms with Crippen LogP contribution < -0.4 is 5.73 Å². The lowest BCUT2D eigenvalue weighted by atomic mass is 9.95. The highest BCUT2D eigenvalue weighted by Gasteiger charge is 2.25. The number of amidine groups is 1. The van der Waals surface area contributed by atoms with Crippen LogP contribution in [0.15, 0.2) is 29.4 Å². The van der Waals surface area contributed by atoms with E-state index in [1.165, 1.54) is 19.3 Å². The highest BCUT2D eigenvalue weighted by Crippen LogP contribution is 2.25. The zero-order chi connectivity index (χ0) is 13.8. The maximum atomic E-state index is 8.87. The van der Waals surface area contributed by atoms with E-state index in [0.717, 1.165) is 17.7 Å². The third-order valence-electron chi connectivity index (χ3n) is 4.13. The van der Waals surface area contributed by atoms with Gasteiger partial charge in [-0.2, -0.15) is 0 Å². The van der Waals surface area contributed by atoms with Gasteiger partial charge in [0.05, 0.1) is 0 Å². The lowest BCUT2D eigenvalue weighted by Gasteiger charge is -2.39. The Balaban J connectivity index is 2.23. The van der Waals surface area contributed by atoms with Crippen molar-refractivity contribution in [3.05, 3.63) is 35.4 Å². The predicted octanol–water partition coefficient (Wildman–Crippen LogP) is 2.54. The average Bonchev–Trinajstić information content (AvgIpc) is 2.42. The number of hydrogen-bond donors (Lipinski definition) is 2. The second kappa shape index (κ2) is 6.06. The molecule has 4 nitrogen and oxygen atoms in total. The van der Waals surface area contributed by atoms with Gasteiger partial charge in [-0.15, -0.1) is 0 Å². The fourth-order valence-electron chi connectivity index (χ4n) is 2.95. The second-order valence-electron chi connectivity index (χ2n) is 5.44. The number of nitrogens with zero attached hydrogens (tertiary/aromatic N) is 2. The molecule has 0 spiro atoms. The van der Waals surface area contributed by atoms with Crippen molar-refractivity contribution < 1.29 is 5.21 Å². The Kier molecular flexibility index (Phi) is 4.43. The highest BCUT2D eigenvalue weighted by atomic mass is 16.4. The SMILES string of the molecule is CC1CCCC(C)N1Cc1ccccc1/C(N)=N/O. The minimum Gasteiger partial charge on any atom is -0.409 e. The number of likely N-dealkylation sites (tertiary alicyclic amines) is 1. The molecule has 3 N–H and O–H groups in total. The van der Waals surface area contributed by atoms with E-state index in [4.69, 9.17) is 10.9 Å². The van der Waals surface area contributed by atoms with Gasteiger partial charge in [-0.1, -0.05) is 35.8 Å². The predicted molar refractivity (Wildman–Crippen MR) is 77.3 cm³/mol. The summed E-state index contributed by atoms with van der Waals surface area (Å²) in [4.78, 5) is 2.51. The smallest absolute Gasteiger partial charge is 0.170 e. The van der Waals surface area contributed by atoms with Gasteiger partial charge in [0.1, 0.15) is 0 Å². The summed E-state index contributed by atoms with van der Waals surface area (Å²) in [5.74, 6) is 0.188. The van der Waals surface area contributed by atoms with Crippen molar-refractivity contribution in [2.75, 3.05) is 0 Å². The highest BCUT2D eigenvalue weighted by molar-refractivity contribution is 5.98. The Morgan fingerprint density at radius 1 is 1.32 bits per heavy atom. The first kappa shape index (κ1) is 13.9. The van der Waals surface area contributed by atoms with E-state index in [2.05, 4.69) is 30.0 Å². The molecule has 4 heteroatoms. The topological polar surface area (TPSA) is 61.8 Å². The van der Waals surface area contributed by atoms with E-state index < -0.39 is 0 Å². The summed E-state index contributed by atoms with van der Waals surface area (Å²) in [6.07, 6.45) is 3.80. The van der Waals surface area contributed by atoms with E-state index in [1.807, 2.05) is 18.2 Å². The van der Waals surface area contributed by atoms with Crippen LogP contribution in [0.3, 0.4) is 0 Å². The number of hydrogen-bond acceptors (Lipinski definition) is 3. The van der Waals surface area contributed by atoms with Gasteiger partial charge in [-0.3, -0.25) is 4.90 Å². The molecule has 2 rings (SSSR count). The van der Waals surface area contributed by atoms with E-state index in [9.17, 15) is 0 Å². The fourth-order valence-corrected chi connectivity index (χ4v) is 2.95. The quantitative estimate of drug-likeness (QED) is 0.380. The van der Waals surface area contributed by atoms with Gasteiger partial charge >= 0.3 is 0 Å². The van der Waals surface area contributed by atoms with Crippen LogP contribution in [0.4, 0.5) is 0 Å². The van der Waals surface area contributed by atoms with Gasteiger partial charge in [0.25, 0.3) is 0 Å². The van der Waals surface area contributed by atoms with Gasteiger partial charge in [0.2, 0.25) is 0 Å². The molecule has 2 unspecified atom stereocenters. The van der Waals surface area contributed by atoms with Gasteiger partial charge in [0.15, 0.2) is 5.84 Å². The number of piperidine rings is 1. The molecule has 1 heterocycles. The molecular weight excluding hydrogens is 238 g/mol. The van der Waals surface area contributed by atoms with Crippen LogP contribution in [0.2, 0.25) is 0 Å². The Labute approximate surface area is 114 Å². The van der Waals surface area contributed by atoms with E-state index >= 15 is 0 Å². The zero-order valence-electron chi connectivity index (χ0n) is 11.7. The van der Waals surface area contributed by atoms with Crippen molar-refractivity contribution in [3.8, 4) is 0 Å². The lowest BCUT2D eigenvalue weighted by molar-refractivity contribution is 0.0952. The van der Waals surface area contributed by atoms with Gasteiger partial charge < -0.3 is 10.9 Å².